The van der Waals surface area contributed by atoms with E-state index in [1.165, 1.54) is 11.8 Å². The Balaban J connectivity index is 2.77. The van der Waals surface area contributed by atoms with Gasteiger partial charge in [-0.1, -0.05) is 6.92 Å². The summed E-state index contributed by atoms with van der Waals surface area (Å²) in [5.74, 6) is -0.954. The van der Waals surface area contributed by atoms with E-state index in [4.69, 9.17) is 10.2 Å². The lowest BCUT2D eigenvalue weighted by molar-refractivity contribution is 0.0695. The fraction of sp³-hybridized carbons (Fsp3) is 0.455. The Morgan fingerprint density at radius 3 is 2.75 bits per heavy atom. The molecule has 1 aromatic heterocycles. The number of carboxylic acid groups (broad SMARTS) is 1. The van der Waals surface area contributed by atoms with Crippen LogP contribution >= 0.6 is 11.8 Å². The molecule has 88 valence electrons. The highest BCUT2D eigenvalue weighted by Crippen LogP contribution is 2.24. The monoisotopic (exact) mass is 241 g/mol. The number of pyridine rings is 1. The minimum atomic E-state index is -0.954. The van der Waals surface area contributed by atoms with Gasteiger partial charge in [0.2, 0.25) is 0 Å². The van der Waals surface area contributed by atoms with E-state index < -0.39 is 5.97 Å². The molecule has 0 amide bonds. The zero-order chi connectivity index (χ0) is 12.1. The van der Waals surface area contributed by atoms with Crippen molar-refractivity contribution in [1.82, 2.24) is 4.98 Å². The van der Waals surface area contributed by atoms with Crippen LogP contribution in [-0.2, 0) is 0 Å². The average Bonchev–Trinajstić information content (AvgIpc) is 2.17. The van der Waals surface area contributed by atoms with Gasteiger partial charge in [0.05, 0.1) is 16.3 Å². The number of aliphatic hydroxyl groups excluding tert-OH is 1. The van der Waals surface area contributed by atoms with Crippen LogP contribution in [0, 0.1) is 6.92 Å². The molecule has 5 heteroatoms. The SMILES string of the molecule is Cc1nc(SC(C)CCO)ccc1C(=O)O. The number of hydrogen-bond donors (Lipinski definition) is 2. The molecule has 1 unspecified atom stereocenters. The van der Waals surface area contributed by atoms with Gasteiger partial charge in [-0.2, -0.15) is 0 Å². The minimum Gasteiger partial charge on any atom is -0.478 e. The zero-order valence-electron chi connectivity index (χ0n) is 9.30. The molecule has 0 spiro atoms. The molecule has 1 aromatic rings. The van der Waals surface area contributed by atoms with Crippen LogP contribution in [0.3, 0.4) is 0 Å². The molecule has 0 aliphatic rings. The van der Waals surface area contributed by atoms with Crippen molar-refractivity contribution in [3.63, 3.8) is 0 Å². The second kappa shape index (κ2) is 5.86. The molecular formula is C11H15NO3S. The molecule has 0 bridgehead atoms. The molecule has 1 atom stereocenters. The minimum absolute atomic E-state index is 0.153. The van der Waals surface area contributed by atoms with Crippen molar-refractivity contribution in [2.24, 2.45) is 0 Å². The number of aliphatic hydroxyl groups is 1. The number of carbonyl (C=O) groups is 1. The maximum atomic E-state index is 10.8. The molecule has 0 aromatic carbocycles. The van der Waals surface area contributed by atoms with Gasteiger partial charge in [-0.05, 0) is 25.5 Å². The van der Waals surface area contributed by atoms with E-state index in [1.54, 1.807) is 19.1 Å². The number of rotatable bonds is 5. The second-order valence-corrected chi connectivity index (χ2v) is 4.99. The van der Waals surface area contributed by atoms with Gasteiger partial charge < -0.3 is 10.2 Å². The molecule has 0 aliphatic carbocycles. The maximum absolute atomic E-state index is 10.8. The summed E-state index contributed by atoms with van der Waals surface area (Å²) in [4.78, 5) is 15.0. The Bertz CT molecular complexity index is 381. The average molecular weight is 241 g/mol. The van der Waals surface area contributed by atoms with Crippen molar-refractivity contribution >= 4 is 17.7 Å². The van der Waals surface area contributed by atoms with Crippen molar-refractivity contribution in [2.45, 2.75) is 30.5 Å². The Morgan fingerprint density at radius 1 is 1.56 bits per heavy atom. The Kier molecular flexibility index (Phi) is 4.76. The van der Waals surface area contributed by atoms with Crippen LogP contribution in [0.15, 0.2) is 17.2 Å². The summed E-state index contributed by atoms with van der Waals surface area (Å²) in [6, 6.07) is 3.27. The topological polar surface area (TPSA) is 70.4 Å². The first-order valence-electron chi connectivity index (χ1n) is 5.03. The van der Waals surface area contributed by atoms with Gasteiger partial charge in [0.25, 0.3) is 0 Å². The molecule has 0 radical (unpaired) electrons. The molecule has 16 heavy (non-hydrogen) atoms. The molecule has 0 aliphatic heterocycles. The summed E-state index contributed by atoms with van der Waals surface area (Å²) in [6.45, 7) is 3.84. The van der Waals surface area contributed by atoms with Crippen molar-refractivity contribution in [3.05, 3.63) is 23.4 Å². The van der Waals surface area contributed by atoms with E-state index in [0.29, 0.717) is 12.1 Å². The predicted octanol–water partition coefficient (Wildman–Crippen LogP) is 1.95. The molecule has 1 heterocycles. The summed E-state index contributed by atoms with van der Waals surface area (Å²) >= 11 is 1.54. The molecule has 0 saturated heterocycles. The number of hydrogen-bond acceptors (Lipinski definition) is 4. The fourth-order valence-electron chi connectivity index (χ4n) is 1.28. The Hall–Kier alpha value is -1.07. The van der Waals surface area contributed by atoms with Gasteiger partial charge in [0.1, 0.15) is 0 Å². The highest BCUT2D eigenvalue weighted by atomic mass is 32.2. The normalized spacial score (nSPS) is 12.4. The lowest BCUT2D eigenvalue weighted by Gasteiger charge is -2.09. The number of aromatic carboxylic acids is 1. The van der Waals surface area contributed by atoms with Crippen LogP contribution in [0.4, 0.5) is 0 Å². The largest absolute Gasteiger partial charge is 0.478 e. The van der Waals surface area contributed by atoms with Crippen LogP contribution in [0.2, 0.25) is 0 Å². The van der Waals surface area contributed by atoms with Crippen LogP contribution in [0.1, 0.15) is 29.4 Å². The van der Waals surface area contributed by atoms with Gasteiger partial charge in [-0.3, -0.25) is 0 Å². The van der Waals surface area contributed by atoms with Gasteiger partial charge in [-0.15, -0.1) is 11.8 Å². The number of aryl methyl sites for hydroxylation is 1. The van der Waals surface area contributed by atoms with Crippen molar-refractivity contribution in [2.75, 3.05) is 6.61 Å². The number of carboxylic acids is 1. The van der Waals surface area contributed by atoms with E-state index in [9.17, 15) is 4.79 Å². The van der Waals surface area contributed by atoms with Crippen molar-refractivity contribution in [3.8, 4) is 0 Å². The van der Waals surface area contributed by atoms with Gasteiger partial charge in [0.15, 0.2) is 0 Å². The first-order valence-corrected chi connectivity index (χ1v) is 5.91. The first kappa shape index (κ1) is 13.0. The molecule has 0 saturated carbocycles. The third kappa shape index (κ3) is 3.50. The molecular weight excluding hydrogens is 226 g/mol. The third-order valence-electron chi connectivity index (χ3n) is 2.15. The number of aromatic nitrogens is 1. The van der Waals surface area contributed by atoms with Crippen LogP contribution in [0.5, 0.6) is 0 Å². The second-order valence-electron chi connectivity index (χ2n) is 3.53. The predicted molar refractivity (Wildman–Crippen MR) is 63.0 cm³/mol. The number of nitrogens with zero attached hydrogens (tertiary/aromatic N) is 1. The smallest absolute Gasteiger partial charge is 0.337 e. The lowest BCUT2D eigenvalue weighted by atomic mass is 10.2. The Labute approximate surface area is 98.7 Å². The molecule has 2 N–H and O–H groups in total. The van der Waals surface area contributed by atoms with E-state index in [0.717, 1.165) is 5.03 Å². The molecule has 1 rings (SSSR count). The van der Waals surface area contributed by atoms with E-state index in [-0.39, 0.29) is 17.4 Å². The standard InChI is InChI=1S/C11H15NO3S/c1-7(5-6-13)16-10-4-3-9(11(14)15)8(2)12-10/h3-4,7,13H,5-6H2,1-2H3,(H,14,15). The van der Waals surface area contributed by atoms with Gasteiger partial charge in [-0.25, -0.2) is 9.78 Å². The van der Waals surface area contributed by atoms with Crippen LogP contribution in [0.25, 0.3) is 0 Å². The number of thioether (sulfide) groups is 1. The van der Waals surface area contributed by atoms with Crippen molar-refractivity contribution < 1.29 is 15.0 Å². The molecule has 0 fully saturated rings. The van der Waals surface area contributed by atoms with Crippen LogP contribution < -0.4 is 0 Å². The molecule has 4 nitrogen and oxygen atoms in total. The van der Waals surface area contributed by atoms with Gasteiger partial charge >= 0.3 is 5.97 Å². The summed E-state index contributed by atoms with van der Waals surface area (Å²) in [7, 11) is 0. The summed E-state index contributed by atoms with van der Waals surface area (Å²) < 4.78 is 0. The van der Waals surface area contributed by atoms with Crippen LogP contribution in [-0.4, -0.2) is 33.0 Å². The van der Waals surface area contributed by atoms with E-state index in [1.807, 2.05) is 6.92 Å². The highest BCUT2D eigenvalue weighted by molar-refractivity contribution is 7.99. The first-order chi connectivity index (χ1) is 7.54. The van der Waals surface area contributed by atoms with E-state index >= 15 is 0 Å². The Morgan fingerprint density at radius 2 is 2.25 bits per heavy atom. The van der Waals surface area contributed by atoms with Gasteiger partial charge in [0, 0.05) is 11.9 Å². The zero-order valence-corrected chi connectivity index (χ0v) is 10.1. The highest BCUT2D eigenvalue weighted by Gasteiger charge is 2.10. The summed E-state index contributed by atoms with van der Waals surface area (Å²) in [5.41, 5.74) is 0.757. The fourth-order valence-corrected chi connectivity index (χ4v) is 2.25. The van der Waals surface area contributed by atoms with Crippen molar-refractivity contribution in [1.29, 1.82) is 0 Å². The maximum Gasteiger partial charge on any atom is 0.337 e. The summed E-state index contributed by atoms with van der Waals surface area (Å²) in [6.07, 6.45) is 0.700. The quantitative estimate of drug-likeness (QED) is 0.771. The van der Waals surface area contributed by atoms with E-state index in [2.05, 4.69) is 4.98 Å². The third-order valence-corrected chi connectivity index (χ3v) is 3.26. The lowest BCUT2D eigenvalue weighted by Crippen LogP contribution is -2.04. The summed E-state index contributed by atoms with van der Waals surface area (Å²) in [5, 5.41) is 18.7.